The molecule has 27 heavy (non-hydrogen) atoms. The smallest absolute Gasteiger partial charge is 0.191 e. The number of benzene rings is 1. The predicted molar refractivity (Wildman–Crippen MR) is 127 cm³/mol. The fourth-order valence-electron chi connectivity index (χ4n) is 2.64. The van der Waals surface area contributed by atoms with Crippen molar-refractivity contribution in [1.82, 2.24) is 20.5 Å². The number of aromatic nitrogens is 1. The molecule has 2 rings (SSSR count). The van der Waals surface area contributed by atoms with Crippen molar-refractivity contribution in [1.29, 1.82) is 0 Å². The van der Waals surface area contributed by atoms with E-state index in [1.54, 1.807) is 18.4 Å². The Morgan fingerprint density at radius 2 is 1.78 bits per heavy atom. The topological polar surface area (TPSA) is 52.6 Å². The molecular formula is C20H32IN5S. The Morgan fingerprint density at radius 1 is 1.15 bits per heavy atom. The Morgan fingerprint density at radius 3 is 2.33 bits per heavy atom. The molecule has 0 bridgehead atoms. The Balaban J connectivity index is 0.00000364. The van der Waals surface area contributed by atoms with Gasteiger partial charge in [-0.1, -0.05) is 24.3 Å². The third-order valence-electron chi connectivity index (χ3n) is 4.51. The van der Waals surface area contributed by atoms with Gasteiger partial charge in [-0.2, -0.15) is 0 Å². The zero-order valence-electron chi connectivity index (χ0n) is 17.2. The van der Waals surface area contributed by atoms with Gasteiger partial charge in [0.1, 0.15) is 0 Å². The molecule has 1 aromatic heterocycles. The number of nitrogens with one attached hydrogen (secondary N) is 2. The molecule has 0 atom stereocenters. The van der Waals surface area contributed by atoms with E-state index in [0.717, 1.165) is 36.3 Å². The van der Waals surface area contributed by atoms with E-state index in [1.807, 2.05) is 6.92 Å². The summed E-state index contributed by atoms with van der Waals surface area (Å²) in [5.41, 5.74) is 3.74. The summed E-state index contributed by atoms with van der Waals surface area (Å²) in [7, 11) is 3.97. The van der Waals surface area contributed by atoms with E-state index < -0.39 is 0 Å². The Labute approximate surface area is 184 Å². The highest BCUT2D eigenvalue weighted by molar-refractivity contribution is 14.0. The number of nitrogens with zero attached hydrogens (tertiary/aromatic N) is 3. The molecule has 150 valence electrons. The summed E-state index contributed by atoms with van der Waals surface area (Å²) < 4.78 is 0. The van der Waals surface area contributed by atoms with Crippen molar-refractivity contribution < 1.29 is 0 Å². The number of hydrogen-bond donors (Lipinski definition) is 2. The lowest BCUT2D eigenvalue weighted by atomic mass is 10.1. The van der Waals surface area contributed by atoms with Crippen LogP contribution in [0, 0.1) is 13.8 Å². The lowest BCUT2D eigenvalue weighted by Crippen LogP contribution is -2.36. The van der Waals surface area contributed by atoms with E-state index in [1.165, 1.54) is 16.0 Å². The Bertz CT molecular complexity index is 742. The lowest BCUT2D eigenvalue weighted by molar-refractivity contribution is 0.265. The molecule has 2 aromatic rings. The maximum atomic E-state index is 4.48. The van der Waals surface area contributed by atoms with Crippen LogP contribution in [0.15, 0.2) is 29.3 Å². The molecule has 0 radical (unpaired) electrons. The normalized spacial score (nSPS) is 11.6. The van der Waals surface area contributed by atoms with E-state index in [-0.39, 0.29) is 24.0 Å². The van der Waals surface area contributed by atoms with Gasteiger partial charge in [0, 0.05) is 31.1 Å². The van der Waals surface area contributed by atoms with Gasteiger partial charge in [-0.3, -0.25) is 9.89 Å². The number of thiazole rings is 1. The largest absolute Gasteiger partial charge is 0.352 e. The second kappa shape index (κ2) is 11.6. The van der Waals surface area contributed by atoms with Crippen LogP contribution in [0.25, 0.3) is 0 Å². The van der Waals surface area contributed by atoms with Gasteiger partial charge in [0.25, 0.3) is 0 Å². The highest BCUT2D eigenvalue weighted by atomic mass is 127. The van der Waals surface area contributed by atoms with Gasteiger partial charge in [-0.05, 0) is 45.9 Å². The molecule has 1 aromatic carbocycles. The minimum atomic E-state index is 0. The molecule has 0 spiro atoms. The third-order valence-corrected chi connectivity index (χ3v) is 5.58. The molecule has 0 amide bonds. The summed E-state index contributed by atoms with van der Waals surface area (Å²) in [4.78, 5) is 12.4. The van der Waals surface area contributed by atoms with Crippen LogP contribution in [0.2, 0.25) is 0 Å². The molecule has 0 fully saturated rings. The van der Waals surface area contributed by atoms with Crippen molar-refractivity contribution in [2.24, 2.45) is 4.99 Å². The molecule has 2 N–H and O–H groups in total. The Kier molecular flexibility index (Phi) is 10.3. The van der Waals surface area contributed by atoms with E-state index in [2.05, 4.69) is 77.6 Å². The number of aliphatic imine (C=N–C) groups is 1. The molecule has 0 saturated heterocycles. The fourth-order valence-corrected chi connectivity index (χ4v) is 3.51. The van der Waals surface area contributed by atoms with Gasteiger partial charge >= 0.3 is 0 Å². The SMILES string of the molecule is CN=C(NCc1ccccc1CN(C)C(C)C)NCc1sc(C)nc1C.I. The first-order valence-electron chi connectivity index (χ1n) is 9.05. The second-order valence-corrected chi connectivity index (χ2v) is 8.09. The van der Waals surface area contributed by atoms with Gasteiger partial charge in [-0.15, -0.1) is 35.3 Å². The molecular weight excluding hydrogens is 469 g/mol. The summed E-state index contributed by atoms with van der Waals surface area (Å²) in [6.45, 7) is 11.0. The molecule has 0 aliphatic heterocycles. The summed E-state index contributed by atoms with van der Waals surface area (Å²) in [5.74, 6) is 0.808. The van der Waals surface area contributed by atoms with Crippen LogP contribution in [0.3, 0.4) is 0 Å². The van der Waals surface area contributed by atoms with E-state index >= 15 is 0 Å². The highest BCUT2D eigenvalue weighted by Crippen LogP contribution is 2.16. The van der Waals surface area contributed by atoms with Crippen LogP contribution < -0.4 is 10.6 Å². The predicted octanol–water partition coefficient (Wildman–Crippen LogP) is 4.08. The molecule has 0 saturated carbocycles. The molecule has 5 nitrogen and oxygen atoms in total. The summed E-state index contributed by atoms with van der Waals surface area (Å²) in [6.07, 6.45) is 0. The Hall–Kier alpha value is -1.19. The minimum absolute atomic E-state index is 0. The van der Waals surface area contributed by atoms with Crippen molar-refractivity contribution in [2.75, 3.05) is 14.1 Å². The number of aryl methyl sites for hydroxylation is 2. The van der Waals surface area contributed by atoms with Crippen LogP contribution >= 0.6 is 35.3 Å². The van der Waals surface area contributed by atoms with Crippen LogP contribution in [0.5, 0.6) is 0 Å². The first kappa shape index (κ1) is 23.8. The van der Waals surface area contributed by atoms with Crippen molar-refractivity contribution in [3.8, 4) is 0 Å². The quantitative estimate of drug-likeness (QED) is 0.341. The van der Waals surface area contributed by atoms with Crippen LogP contribution in [0.1, 0.15) is 40.6 Å². The molecule has 0 aliphatic rings. The summed E-state index contributed by atoms with van der Waals surface area (Å²) in [5, 5.41) is 7.92. The third kappa shape index (κ3) is 7.38. The van der Waals surface area contributed by atoms with E-state index in [0.29, 0.717) is 6.04 Å². The number of guanidine groups is 1. The van der Waals surface area contributed by atoms with Crippen molar-refractivity contribution >= 4 is 41.3 Å². The average Bonchev–Trinajstić information content (AvgIpc) is 2.93. The highest BCUT2D eigenvalue weighted by Gasteiger charge is 2.09. The minimum Gasteiger partial charge on any atom is -0.352 e. The zero-order valence-corrected chi connectivity index (χ0v) is 20.3. The summed E-state index contributed by atoms with van der Waals surface area (Å²) in [6, 6.07) is 9.11. The maximum Gasteiger partial charge on any atom is 0.191 e. The van der Waals surface area contributed by atoms with Gasteiger partial charge < -0.3 is 10.6 Å². The number of hydrogen-bond acceptors (Lipinski definition) is 4. The maximum absolute atomic E-state index is 4.48. The van der Waals surface area contributed by atoms with Crippen LogP contribution in [0.4, 0.5) is 0 Å². The average molecular weight is 501 g/mol. The fraction of sp³-hybridized carbons (Fsp3) is 0.500. The van der Waals surface area contributed by atoms with E-state index in [4.69, 9.17) is 0 Å². The van der Waals surface area contributed by atoms with Crippen molar-refractivity contribution in [3.05, 3.63) is 51.0 Å². The zero-order chi connectivity index (χ0) is 19.1. The molecule has 7 heteroatoms. The second-order valence-electron chi connectivity index (χ2n) is 6.80. The number of halogens is 1. The van der Waals surface area contributed by atoms with Gasteiger partial charge in [0.2, 0.25) is 0 Å². The van der Waals surface area contributed by atoms with Gasteiger partial charge in [0.15, 0.2) is 5.96 Å². The first-order chi connectivity index (χ1) is 12.4. The summed E-state index contributed by atoms with van der Waals surface area (Å²) >= 11 is 1.73. The monoisotopic (exact) mass is 501 g/mol. The van der Waals surface area contributed by atoms with Crippen LogP contribution in [-0.2, 0) is 19.6 Å². The lowest BCUT2D eigenvalue weighted by Gasteiger charge is -2.23. The van der Waals surface area contributed by atoms with E-state index in [9.17, 15) is 0 Å². The molecule has 0 aliphatic carbocycles. The van der Waals surface area contributed by atoms with Crippen molar-refractivity contribution in [2.45, 2.75) is 53.4 Å². The van der Waals surface area contributed by atoms with Crippen LogP contribution in [-0.4, -0.2) is 36.0 Å². The van der Waals surface area contributed by atoms with Gasteiger partial charge in [-0.25, -0.2) is 4.98 Å². The van der Waals surface area contributed by atoms with Gasteiger partial charge in [0.05, 0.1) is 17.2 Å². The molecule has 1 heterocycles. The molecule has 0 unspecified atom stereocenters. The number of rotatable bonds is 7. The standard InChI is InChI=1S/C20H31N5S.HI/c1-14(2)25(6)13-18-10-8-7-9-17(18)11-22-20(21-5)23-12-19-15(3)24-16(4)26-19;/h7-10,14H,11-13H2,1-6H3,(H2,21,22,23);1H. The van der Waals surface area contributed by atoms with Crippen molar-refractivity contribution in [3.63, 3.8) is 0 Å². The first-order valence-corrected chi connectivity index (χ1v) is 9.86.